The topological polar surface area (TPSA) is 77.9 Å². The summed E-state index contributed by atoms with van der Waals surface area (Å²) in [5, 5.41) is 8.68. The van der Waals surface area contributed by atoms with Crippen molar-refractivity contribution in [2.45, 2.75) is 38.6 Å². The summed E-state index contributed by atoms with van der Waals surface area (Å²) >= 11 is 0. The molecule has 0 aromatic heterocycles. The molecule has 6 heteroatoms. The van der Waals surface area contributed by atoms with Gasteiger partial charge in [-0.3, -0.25) is 24.2 Å². The first-order valence-corrected chi connectivity index (χ1v) is 6.83. The van der Waals surface area contributed by atoms with E-state index in [2.05, 4.69) is 0 Å². The fourth-order valence-electron chi connectivity index (χ4n) is 2.99. The van der Waals surface area contributed by atoms with E-state index in [0.29, 0.717) is 18.9 Å². The molecule has 2 atom stereocenters. The van der Waals surface area contributed by atoms with E-state index in [1.54, 1.807) is 6.92 Å². The second-order valence-corrected chi connectivity index (χ2v) is 5.28. The van der Waals surface area contributed by atoms with Gasteiger partial charge in [-0.1, -0.05) is 0 Å². The minimum atomic E-state index is -0.775. The number of nitrogens with zero attached hydrogens (tertiary/aromatic N) is 2. The van der Waals surface area contributed by atoms with E-state index in [0.717, 1.165) is 19.5 Å². The molecular weight excluding hydrogens is 248 g/mol. The van der Waals surface area contributed by atoms with Crippen molar-refractivity contribution in [3.63, 3.8) is 0 Å². The van der Waals surface area contributed by atoms with Crippen LogP contribution in [0.2, 0.25) is 0 Å². The van der Waals surface area contributed by atoms with E-state index in [9.17, 15) is 14.4 Å². The Morgan fingerprint density at radius 3 is 2.74 bits per heavy atom. The first-order valence-electron chi connectivity index (χ1n) is 6.83. The van der Waals surface area contributed by atoms with Crippen LogP contribution in [0.5, 0.6) is 0 Å². The number of carbonyl (C=O) groups excluding carboxylic acids is 2. The monoisotopic (exact) mass is 268 g/mol. The van der Waals surface area contributed by atoms with Crippen molar-refractivity contribution in [2.24, 2.45) is 5.92 Å². The number of imide groups is 1. The van der Waals surface area contributed by atoms with Gasteiger partial charge in [-0.25, -0.2) is 0 Å². The van der Waals surface area contributed by atoms with Crippen molar-refractivity contribution >= 4 is 17.8 Å². The fourth-order valence-corrected chi connectivity index (χ4v) is 2.99. The van der Waals surface area contributed by atoms with Gasteiger partial charge in [0, 0.05) is 19.5 Å². The highest BCUT2D eigenvalue weighted by molar-refractivity contribution is 6.05. The average Bonchev–Trinajstić information content (AvgIpc) is 2.92. The third-order valence-electron chi connectivity index (χ3n) is 4.06. The second-order valence-electron chi connectivity index (χ2n) is 5.28. The lowest BCUT2D eigenvalue weighted by atomic mass is 10.0. The molecule has 2 rings (SSSR count). The number of carboxylic acids is 1. The molecule has 0 aromatic rings. The number of hydrogen-bond donors (Lipinski definition) is 1. The van der Waals surface area contributed by atoms with Crippen LogP contribution in [0.3, 0.4) is 0 Å². The summed E-state index contributed by atoms with van der Waals surface area (Å²) < 4.78 is 0. The number of likely N-dealkylation sites (N-methyl/N-ethyl adjacent to an activating group) is 1. The van der Waals surface area contributed by atoms with Crippen LogP contribution < -0.4 is 0 Å². The molecule has 2 saturated heterocycles. The van der Waals surface area contributed by atoms with Crippen molar-refractivity contribution in [1.29, 1.82) is 0 Å². The van der Waals surface area contributed by atoms with Gasteiger partial charge >= 0.3 is 5.97 Å². The van der Waals surface area contributed by atoms with Gasteiger partial charge in [0.15, 0.2) is 0 Å². The van der Waals surface area contributed by atoms with Crippen LogP contribution in [0.1, 0.15) is 32.6 Å². The van der Waals surface area contributed by atoms with Gasteiger partial charge in [0.1, 0.15) is 0 Å². The van der Waals surface area contributed by atoms with Gasteiger partial charge < -0.3 is 5.11 Å². The molecule has 2 amide bonds. The van der Waals surface area contributed by atoms with Crippen LogP contribution >= 0.6 is 0 Å². The SMILES string of the molecule is CCN1C(=O)CC(N2CCC(CCC(=O)O)C2)C1=O. The predicted octanol–water partition coefficient (Wildman–Crippen LogP) is 0.320. The van der Waals surface area contributed by atoms with Crippen LogP contribution in [0, 0.1) is 5.92 Å². The molecule has 1 N–H and O–H groups in total. The Balaban J connectivity index is 1.89. The van der Waals surface area contributed by atoms with E-state index in [4.69, 9.17) is 5.11 Å². The molecule has 6 nitrogen and oxygen atoms in total. The number of carboxylic acid groups (broad SMARTS) is 1. The normalized spacial score (nSPS) is 28.4. The standard InChI is InChI=1S/C13H20N2O4/c1-2-15-11(16)7-10(13(15)19)14-6-5-9(8-14)3-4-12(17)18/h9-10H,2-8H2,1H3,(H,17,18). The van der Waals surface area contributed by atoms with Gasteiger partial charge in [-0.15, -0.1) is 0 Å². The first-order chi connectivity index (χ1) is 9.02. The van der Waals surface area contributed by atoms with Crippen molar-refractivity contribution < 1.29 is 19.5 Å². The number of aliphatic carboxylic acids is 1. The van der Waals surface area contributed by atoms with E-state index in [1.807, 2.05) is 4.90 Å². The summed E-state index contributed by atoms with van der Waals surface area (Å²) in [4.78, 5) is 37.7. The van der Waals surface area contributed by atoms with Crippen LogP contribution in [0.25, 0.3) is 0 Å². The highest BCUT2D eigenvalue weighted by Crippen LogP contribution is 2.27. The van der Waals surface area contributed by atoms with E-state index >= 15 is 0 Å². The van der Waals surface area contributed by atoms with Crippen LogP contribution in [0.15, 0.2) is 0 Å². The molecule has 2 unspecified atom stereocenters. The summed E-state index contributed by atoms with van der Waals surface area (Å²) in [6, 6.07) is -0.317. The predicted molar refractivity (Wildman–Crippen MR) is 67.3 cm³/mol. The lowest BCUT2D eigenvalue weighted by Gasteiger charge is -2.22. The van der Waals surface area contributed by atoms with E-state index in [1.165, 1.54) is 4.90 Å². The molecule has 106 valence electrons. The maximum absolute atomic E-state index is 12.1. The number of amides is 2. The largest absolute Gasteiger partial charge is 0.481 e. The minimum Gasteiger partial charge on any atom is -0.481 e. The van der Waals surface area contributed by atoms with Gasteiger partial charge in [-0.2, -0.15) is 0 Å². The summed E-state index contributed by atoms with van der Waals surface area (Å²) in [5.74, 6) is -0.629. The van der Waals surface area contributed by atoms with Crippen LogP contribution in [0.4, 0.5) is 0 Å². The summed E-state index contributed by atoms with van der Waals surface area (Å²) in [6.07, 6.45) is 2.02. The van der Waals surface area contributed by atoms with Gasteiger partial charge in [0.05, 0.1) is 12.5 Å². The highest BCUT2D eigenvalue weighted by atomic mass is 16.4. The number of rotatable bonds is 5. The molecule has 2 heterocycles. The molecule has 0 spiro atoms. The second kappa shape index (κ2) is 5.69. The Kier molecular flexibility index (Phi) is 4.19. The quantitative estimate of drug-likeness (QED) is 0.727. The lowest BCUT2D eigenvalue weighted by Crippen LogP contribution is -2.40. The van der Waals surface area contributed by atoms with Crippen LogP contribution in [-0.2, 0) is 14.4 Å². The van der Waals surface area contributed by atoms with Crippen molar-refractivity contribution in [2.75, 3.05) is 19.6 Å². The smallest absolute Gasteiger partial charge is 0.303 e. The molecule has 0 aliphatic carbocycles. The average molecular weight is 268 g/mol. The Labute approximate surface area is 112 Å². The molecule has 19 heavy (non-hydrogen) atoms. The fraction of sp³-hybridized carbons (Fsp3) is 0.769. The van der Waals surface area contributed by atoms with Crippen LogP contribution in [-0.4, -0.2) is 58.4 Å². The third kappa shape index (κ3) is 2.94. The number of likely N-dealkylation sites (tertiary alicyclic amines) is 2. The molecule has 2 fully saturated rings. The van der Waals surface area contributed by atoms with Gasteiger partial charge in [0.25, 0.3) is 0 Å². The van der Waals surface area contributed by atoms with Crippen molar-refractivity contribution in [3.05, 3.63) is 0 Å². The van der Waals surface area contributed by atoms with Crippen molar-refractivity contribution in [1.82, 2.24) is 9.80 Å². The molecule has 0 saturated carbocycles. The lowest BCUT2D eigenvalue weighted by molar-refractivity contribution is -0.140. The zero-order valence-corrected chi connectivity index (χ0v) is 11.2. The first kappa shape index (κ1) is 14.0. The zero-order chi connectivity index (χ0) is 14.0. The number of hydrogen-bond acceptors (Lipinski definition) is 4. The third-order valence-corrected chi connectivity index (χ3v) is 4.06. The number of carbonyl (C=O) groups is 3. The maximum Gasteiger partial charge on any atom is 0.303 e. The zero-order valence-electron chi connectivity index (χ0n) is 11.2. The minimum absolute atomic E-state index is 0.0912. The van der Waals surface area contributed by atoms with E-state index in [-0.39, 0.29) is 30.7 Å². The Morgan fingerprint density at radius 2 is 2.16 bits per heavy atom. The molecule has 0 bridgehead atoms. The summed E-state index contributed by atoms with van der Waals surface area (Å²) in [6.45, 7) is 3.75. The Morgan fingerprint density at radius 1 is 1.42 bits per heavy atom. The van der Waals surface area contributed by atoms with E-state index < -0.39 is 5.97 Å². The summed E-state index contributed by atoms with van der Waals surface area (Å²) in [7, 11) is 0. The van der Waals surface area contributed by atoms with Gasteiger partial charge in [0.2, 0.25) is 11.8 Å². The van der Waals surface area contributed by atoms with Gasteiger partial charge in [-0.05, 0) is 32.2 Å². The molecule has 2 aliphatic heterocycles. The Hall–Kier alpha value is -1.43. The van der Waals surface area contributed by atoms with Crippen molar-refractivity contribution in [3.8, 4) is 0 Å². The molecule has 0 aromatic carbocycles. The highest BCUT2D eigenvalue weighted by Gasteiger charge is 2.42. The molecule has 0 radical (unpaired) electrons. The molecule has 2 aliphatic rings. The maximum atomic E-state index is 12.1. The Bertz CT molecular complexity index is 396. The molecular formula is C13H20N2O4. The summed E-state index contributed by atoms with van der Waals surface area (Å²) in [5.41, 5.74) is 0.